The zero-order chi connectivity index (χ0) is 13.8. The maximum atomic E-state index is 12.4. The summed E-state index contributed by atoms with van der Waals surface area (Å²) in [6, 6.07) is 6.37. The van der Waals surface area contributed by atoms with Crippen LogP contribution in [0, 0.1) is 0 Å². The molecule has 1 N–H and O–H groups in total. The average Bonchev–Trinajstić information content (AvgIpc) is 2.40. The highest BCUT2D eigenvalue weighted by atomic mass is 32.2. The van der Waals surface area contributed by atoms with Gasteiger partial charge in [0.25, 0.3) is 0 Å². The molecule has 0 bridgehead atoms. The van der Waals surface area contributed by atoms with Crippen LogP contribution in [0.3, 0.4) is 0 Å². The summed E-state index contributed by atoms with van der Waals surface area (Å²) in [5.74, 6) is 0. The molecule has 0 radical (unpaired) electrons. The predicted molar refractivity (Wildman–Crippen MR) is 71.7 cm³/mol. The number of nitrogens with zero attached hydrogens (tertiary/aromatic N) is 1. The van der Waals surface area contributed by atoms with Crippen molar-refractivity contribution in [3.63, 3.8) is 0 Å². The van der Waals surface area contributed by atoms with Gasteiger partial charge in [0.15, 0.2) is 0 Å². The van der Waals surface area contributed by atoms with Crippen molar-refractivity contribution >= 4 is 10.0 Å². The third-order valence-electron chi connectivity index (χ3n) is 3.24. The van der Waals surface area contributed by atoms with Crippen molar-refractivity contribution in [3.8, 4) is 0 Å². The van der Waals surface area contributed by atoms with Gasteiger partial charge < -0.3 is 5.11 Å². The molecule has 0 unspecified atom stereocenters. The van der Waals surface area contributed by atoms with Gasteiger partial charge in [-0.3, -0.25) is 0 Å². The van der Waals surface area contributed by atoms with Crippen molar-refractivity contribution in [2.24, 2.45) is 0 Å². The zero-order valence-electron chi connectivity index (χ0n) is 11.1. The minimum Gasteiger partial charge on any atom is -0.392 e. The maximum absolute atomic E-state index is 12.4. The molecule has 0 heterocycles. The first-order chi connectivity index (χ1) is 8.47. The second-order valence-electron chi connectivity index (χ2n) is 4.29. The van der Waals surface area contributed by atoms with Gasteiger partial charge in [0, 0.05) is 13.1 Å². The maximum Gasteiger partial charge on any atom is 0.243 e. The fourth-order valence-electron chi connectivity index (χ4n) is 1.93. The highest BCUT2D eigenvalue weighted by molar-refractivity contribution is 7.89. The summed E-state index contributed by atoms with van der Waals surface area (Å²) in [6.45, 7) is 3.88. The second kappa shape index (κ2) is 6.31. The van der Waals surface area contributed by atoms with Crippen molar-refractivity contribution in [3.05, 3.63) is 29.8 Å². The van der Waals surface area contributed by atoms with Gasteiger partial charge in [0.2, 0.25) is 10.0 Å². The Hall–Kier alpha value is -0.910. The van der Waals surface area contributed by atoms with E-state index in [2.05, 4.69) is 0 Å². The molecule has 0 fully saturated rings. The van der Waals surface area contributed by atoms with Crippen LogP contribution in [0.2, 0.25) is 0 Å². The third kappa shape index (κ3) is 3.10. The molecule has 0 aliphatic carbocycles. The van der Waals surface area contributed by atoms with Crippen molar-refractivity contribution in [2.75, 3.05) is 7.05 Å². The summed E-state index contributed by atoms with van der Waals surface area (Å²) >= 11 is 0. The van der Waals surface area contributed by atoms with E-state index in [-0.39, 0.29) is 17.5 Å². The van der Waals surface area contributed by atoms with Crippen LogP contribution in [-0.2, 0) is 16.6 Å². The first-order valence-corrected chi connectivity index (χ1v) is 7.59. The summed E-state index contributed by atoms with van der Waals surface area (Å²) in [6.07, 6.45) is 1.59. The Morgan fingerprint density at radius 1 is 1.17 bits per heavy atom. The van der Waals surface area contributed by atoms with Gasteiger partial charge in [0.05, 0.1) is 11.5 Å². The lowest BCUT2D eigenvalue weighted by atomic mass is 10.2. The number of aliphatic hydroxyl groups excluding tert-OH is 1. The highest BCUT2D eigenvalue weighted by Gasteiger charge is 2.25. The van der Waals surface area contributed by atoms with E-state index in [0.717, 1.165) is 12.8 Å². The largest absolute Gasteiger partial charge is 0.392 e. The highest BCUT2D eigenvalue weighted by Crippen LogP contribution is 2.19. The fraction of sp³-hybridized carbons (Fsp3) is 0.538. The predicted octanol–water partition coefficient (Wildman–Crippen LogP) is 1.99. The molecule has 5 heteroatoms. The molecule has 0 amide bonds. The number of hydrogen-bond donors (Lipinski definition) is 1. The Balaban J connectivity index is 3.04. The lowest BCUT2D eigenvalue weighted by Gasteiger charge is -2.25. The summed E-state index contributed by atoms with van der Waals surface area (Å²) in [7, 11) is -1.82. The molecule has 0 saturated heterocycles. The standard InChI is InChI=1S/C13H21NO3S/c1-4-12(5-2)14(3)18(16,17)13-8-6-11(10-15)7-9-13/h6-9,12,15H,4-5,10H2,1-3H3. The lowest BCUT2D eigenvalue weighted by molar-refractivity contribution is 0.281. The third-order valence-corrected chi connectivity index (χ3v) is 5.16. The minimum absolute atomic E-state index is 0.0209. The molecule has 1 aromatic carbocycles. The molecule has 18 heavy (non-hydrogen) atoms. The number of hydrogen-bond acceptors (Lipinski definition) is 3. The van der Waals surface area contributed by atoms with Gasteiger partial charge in [-0.2, -0.15) is 4.31 Å². The molecule has 102 valence electrons. The van der Waals surface area contributed by atoms with Gasteiger partial charge in [-0.25, -0.2) is 8.42 Å². The molecule has 0 aliphatic heterocycles. The summed E-state index contributed by atoms with van der Waals surface area (Å²) in [4.78, 5) is 0.272. The van der Waals surface area contributed by atoms with Crippen LogP contribution in [0.25, 0.3) is 0 Å². The first-order valence-electron chi connectivity index (χ1n) is 6.15. The summed E-state index contributed by atoms with van der Waals surface area (Å²) in [5.41, 5.74) is 0.708. The number of aliphatic hydroxyl groups is 1. The van der Waals surface area contributed by atoms with Crippen LogP contribution < -0.4 is 0 Å². The molecule has 0 spiro atoms. The fourth-order valence-corrected chi connectivity index (χ4v) is 3.44. The van der Waals surface area contributed by atoms with Crippen molar-refractivity contribution in [2.45, 2.75) is 44.2 Å². The molecular weight excluding hydrogens is 250 g/mol. The van der Waals surface area contributed by atoms with Crippen LogP contribution in [0.1, 0.15) is 32.3 Å². The van der Waals surface area contributed by atoms with Crippen LogP contribution in [0.5, 0.6) is 0 Å². The lowest BCUT2D eigenvalue weighted by Crippen LogP contribution is -2.36. The van der Waals surface area contributed by atoms with E-state index in [4.69, 9.17) is 5.11 Å². The molecule has 1 rings (SSSR count). The molecule has 4 nitrogen and oxygen atoms in total. The monoisotopic (exact) mass is 271 g/mol. The van der Waals surface area contributed by atoms with Gasteiger partial charge in [-0.1, -0.05) is 26.0 Å². The van der Waals surface area contributed by atoms with Crippen molar-refractivity contribution in [1.82, 2.24) is 4.31 Å². The van der Waals surface area contributed by atoms with Gasteiger partial charge in [-0.15, -0.1) is 0 Å². The Morgan fingerprint density at radius 3 is 2.06 bits per heavy atom. The quantitative estimate of drug-likeness (QED) is 0.861. The van der Waals surface area contributed by atoms with Crippen LogP contribution in [0.4, 0.5) is 0 Å². The average molecular weight is 271 g/mol. The van der Waals surface area contributed by atoms with Gasteiger partial charge in [0.1, 0.15) is 0 Å². The molecule has 1 aromatic rings. The van der Waals surface area contributed by atoms with E-state index in [0.29, 0.717) is 5.56 Å². The number of sulfonamides is 1. The number of rotatable bonds is 6. The summed E-state index contributed by atoms with van der Waals surface area (Å²) in [5, 5.41) is 8.94. The molecule has 0 saturated carbocycles. The van der Waals surface area contributed by atoms with E-state index >= 15 is 0 Å². The molecule has 0 atom stereocenters. The first kappa shape index (κ1) is 15.1. The SMILES string of the molecule is CCC(CC)N(C)S(=O)(=O)c1ccc(CO)cc1. The molecular formula is C13H21NO3S. The van der Waals surface area contributed by atoms with E-state index in [1.165, 1.54) is 4.31 Å². The Kier molecular flexibility index (Phi) is 5.31. The Bertz CT molecular complexity index is 464. The smallest absolute Gasteiger partial charge is 0.243 e. The Morgan fingerprint density at radius 2 is 1.67 bits per heavy atom. The summed E-state index contributed by atoms with van der Waals surface area (Å²) < 4.78 is 26.1. The van der Waals surface area contributed by atoms with Crippen LogP contribution in [0.15, 0.2) is 29.2 Å². The van der Waals surface area contributed by atoms with Crippen molar-refractivity contribution < 1.29 is 13.5 Å². The van der Waals surface area contributed by atoms with Crippen LogP contribution >= 0.6 is 0 Å². The Labute approximate surface area is 109 Å². The normalized spacial score (nSPS) is 12.3. The van der Waals surface area contributed by atoms with Gasteiger partial charge >= 0.3 is 0 Å². The molecule has 0 aromatic heterocycles. The van der Waals surface area contributed by atoms with E-state index in [9.17, 15) is 8.42 Å². The van der Waals surface area contributed by atoms with E-state index in [1.807, 2.05) is 13.8 Å². The zero-order valence-corrected chi connectivity index (χ0v) is 11.9. The van der Waals surface area contributed by atoms with Crippen LogP contribution in [-0.4, -0.2) is 30.9 Å². The van der Waals surface area contributed by atoms with Crippen molar-refractivity contribution in [1.29, 1.82) is 0 Å². The van der Waals surface area contributed by atoms with Gasteiger partial charge in [-0.05, 0) is 30.5 Å². The minimum atomic E-state index is -3.44. The van der Waals surface area contributed by atoms with E-state index < -0.39 is 10.0 Å². The molecule has 0 aliphatic rings. The number of benzene rings is 1. The topological polar surface area (TPSA) is 57.6 Å². The van der Waals surface area contributed by atoms with E-state index in [1.54, 1.807) is 31.3 Å². The second-order valence-corrected chi connectivity index (χ2v) is 6.29.